The number of fused-ring (bicyclic) bond motifs is 2. The van der Waals surface area contributed by atoms with E-state index in [2.05, 4.69) is 5.32 Å². The summed E-state index contributed by atoms with van der Waals surface area (Å²) in [6, 6.07) is 8.68. The number of furan rings is 1. The molecule has 1 aliphatic carbocycles. The Bertz CT molecular complexity index is 1060. The minimum absolute atomic E-state index is 0.0632. The third kappa shape index (κ3) is 3.52. The molecular weight excluding hydrogens is 390 g/mol. The number of benzene rings is 1. The van der Waals surface area contributed by atoms with Gasteiger partial charge in [0.25, 0.3) is 5.91 Å². The van der Waals surface area contributed by atoms with Gasteiger partial charge in [-0.15, -0.1) is 0 Å². The van der Waals surface area contributed by atoms with E-state index in [1.165, 1.54) is 0 Å². The number of carbonyl (C=O) groups is 4. The molecule has 1 saturated carbocycles. The predicted octanol–water partition coefficient (Wildman–Crippen LogP) is 1.96. The largest absolute Gasteiger partial charge is 0.454 e. The first-order valence-electron chi connectivity index (χ1n) is 9.72. The third-order valence-corrected chi connectivity index (χ3v) is 5.55. The second-order valence-corrected chi connectivity index (χ2v) is 7.38. The van der Waals surface area contributed by atoms with Gasteiger partial charge in [-0.1, -0.05) is 25.0 Å². The maximum absolute atomic E-state index is 12.4. The highest BCUT2D eigenvalue weighted by molar-refractivity contribution is 6.07. The Morgan fingerprint density at radius 3 is 2.50 bits per heavy atom. The van der Waals surface area contributed by atoms with E-state index in [-0.39, 0.29) is 35.1 Å². The summed E-state index contributed by atoms with van der Waals surface area (Å²) < 4.78 is 10.3. The van der Waals surface area contributed by atoms with E-state index in [1.54, 1.807) is 24.3 Å². The normalized spacial score (nSPS) is 20.7. The number of imide groups is 1. The van der Waals surface area contributed by atoms with Crippen LogP contribution in [0.5, 0.6) is 0 Å². The summed E-state index contributed by atoms with van der Waals surface area (Å²) in [5.74, 6) is -2.94. The number of hydrogen-bond donors (Lipinski definition) is 1. The van der Waals surface area contributed by atoms with Crippen LogP contribution in [0.2, 0.25) is 0 Å². The molecule has 30 heavy (non-hydrogen) atoms. The zero-order valence-corrected chi connectivity index (χ0v) is 16.1. The molecule has 2 aromatic rings. The van der Waals surface area contributed by atoms with Gasteiger partial charge in [-0.05, 0) is 25.0 Å². The Kier molecular flexibility index (Phi) is 5.23. The number of nitrogens with one attached hydrogen (secondary N) is 1. The van der Waals surface area contributed by atoms with Crippen molar-refractivity contribution in [2.75, 3.05) is 18.5 Å². The molecule has 1 aliphatic heterocycles. The first-order valence-corrected chi connectivity index (χ1v) is 9.72. The molecule has 154 valence electrons. The minimum Gasteiger partial charge on any atom is -0.454 e. The molecule has 0 spiro atoms. The number of nitrogens with zero attached hydrogens (tertiary/aromatic N) is 2. The summed E-state index contributed by atoms with van der Waals surface area (Å²) in [6.45, 7) is -1.12. The van der Waals surface area contributed by atoms with Gasteiger partial charge < -0.3 is 14.5 Å². The van der Waals surface area contributed by atoms with Crippen LogP contribution in [-0.2, 0) is 23.9 Å². The monoisotopic (exact) mass is 409 g/mol. The van der Waals surface area contributed by atoms with Crippen LogP contribution in [0, 0.1) is 23.2 Å². The van der Waals surface area contributed by atoms with Crippen LogP contribution in [-0.4, -0.2) is 41.7 Å². The minimum atomic E-state index is -0.844. The van der Waals surface area contributed by atoms with E-state index < -0.39 is 25.0 Å². The van der Waals surface area contributed by atoms with E-state index in [1.807, 2.05) is 6.07 Å². The molecule has 4 rings (SSSR count). The zero-order valence-electron chi connectivity index (χ0n) is 16.1. The Balaban J connectivity index is 1.35. The van der Waals surface area contributed by atoms with E-state index in [4.69, 9.17) is 9.15 Å². The van der Waals surface area contributed by atoms with Gasteiger partial charge in [0.2, 0.25) is 17.6 Å². The van der Waals surface area contributed by atoms with Crippen molar-refractivity contribution in [1.82, 2.24) is 4.90 Å². The van der Waals surface area contributed by atoms with E-state index in [9.17, 15) is 24.4 Å². The molecule has 0 unspecified atom stereocenters. The van der Waals surface area contributed by atoms with Crippen LogP contribution in [0.1, 0.15) is 31.4 Å². The van der Waals surface area contributed by atoms with Crippen molar-refractivity contribution in [3.63, 3.8) is 0 Å². The van der Waals surface area contributed by atoms with Gasteiger partial charge in [-0.2, -0.15) is 5.26 Å². The highest BCUT2D eigenvalue weighted by Crippen LogP contribution is 2.37. The maximum atomic E-state index is 12.4. The zero-order chi connectivity index (χ0) is 21.3. The van der Waals surface area contributed by atoms with Crippen LogP contribution < -0.4 is 5.32 Å². The van der Waals surface area contributed by atoms with Crippen molar-refractivity contribution < 1.29 is 28.3 Å². The number of ether oxygens (including phenoxy) is 1. The number of amides is 3. The number of hydrogen-bond acceptors (Lipinski definition) is 7. The number of para-hydroxylation sites is 1. The Hall–Kier alpha value is -3.67. The Labute approximate surface area is 171 Å². The number of carbonyl (C=O) groups excluding carboxylic acids is 4. The van der Waals surface area contributed by atoms with Crippen molar-refractivity contribution in [2.24, 2.45) is 11.8 Å². The fourth-order valence-corrected chi connectivity index (χ4v) is 4.13. The standard InChI is InChI=1S/C21H19N3O6/c22-9-16-19(14-7-3-4-8-15(14)30-16)23-17(25)11-29-18(26)10-24-20(27)12-5-1-2-6-13(12)21(24)28/h3-4,7-8,12-13H,1-2,5-6,10-11H2,(H,23,25)/t12-,13-/m0/s1. The second kappa shape index (κ2) is 7.99. The van der Waals surface area contributed by atoms with Crippen molar-refractivity contribution in [2.45, 2.75) is 25.7 Å². The molecule has 1 N–H and O–H groups in total. The first-order chi connectivity index (χ1) is 14.5. The van der Waals surface area contributed by atoms with Gasteiger partial charge in [-0.25, -0.2) is 0 Å². The smallest absolute Gasteiger partial charge is 0.326 e. The van der Waals surface area contributed by atoms with Crippen molar-refractivity contribution in [3.05, 3.63) is 30.0 Å². The molecule has 9 heteroatoms. The topological polar surface area (TPSA) is 130 Å². The quantitative estimate of drug-likeness (QED) is 0.590. The van der Waals surface area contributed by atoms with Crippen LogP contribution >= 0.6 is 0 Å². The Morgan fingerprint density at radius 1 is 1.17 bits per heavy atom. The molecule has 0 radical (unpaired) electrons. The maximum Gasteiger partial charge on any atom is 0.326 e. The molecule has 1 aromatic heterocycles. The lowest BCUT2D eigenvalue weighted by Gasteiger charge is -2.19. The summed E-state index contributed by atoms with van der Waals surface area (Å²) in [6.07, 6.45) is 3.10. The first kappa shape index (κ1) is 19.6. The molecule has 1 saturated heterocycles. The molecule has 9 nitrogen and oxygen atoms in total. The fourth-order valence-electron chi connectivity index (χ4n) is 4.13. The molecule has 2 aliphatic rings. The molecule has 2 heterocycles. The van der Waals surface area contributed by atoms with Crippen LogP contribution in [0.15, 0.2) is 28.7 Å². The number of likely N-dealkylation sites (tertiary alicyclic amines) is 1. The predicted molar refractivity (Wildman–Crippen MR) is 103 cm³/mol. The summed E-state index contributed by atoms with van der Waals surface area (Å²) in [5, 5.41) is 12.3. The summed E-state index contributed by atoms with van der Waals surface area (Å²) in [5.41, 5.74) is 0.636. The lowest BCUT2D eigenvalue weighted by Crippen LogP contribution is -2.37. The van der Waals surface area contributed by atoms with E-state index >= 15 is 0 Å². The highest BCUT2D eigenvalue weighted by Gasteiger charge is 2.48. The average Bonchev–Trinajstić information content (AvgIpc) is 3.23. The van der Waals surface area contributed by atoms with Gasteiger partial charge in [0.15, 0.2) is 6.61 Å². The van der Waals surface area contributed by atoms with Gasteiger partial charge in [0.1, 0.15) is 23.9 Å². The van der Waals surface area contributed by atoms with Crippen LogP contribution in [0.25, 0.3) is 11.0 Å². The van der Waals surface area contributed by atoms with Crippen LogP contribution in [0.4, 0.5) is 5.69 Å². The molecule has 3 amide bonds. The molecule has 0 bridgehead atoms. The average molecular weight is 409 g/mol. The van der Waals surface area contributed by atoms with Crippen molar-refractivity contribution >= 4 is 40.3 Å². The van der Waals surface area contributed by atoms with Crippen molar-refractivity contribution in [3.8, 4) is 6.07 Å². The highest BCUT2D eigenvalue weighted by atomic mass is 16.5. The van der Waals surface area contributed by atoms with Crippen LogP contribution in [0.3, 0.4) is 0 Å². The van der Waals surface area contributed by atoms with E-state index in [0.717, 1.165) is 17.7 Å². The van der Waals surface area contributed by atoms with E-state index in [0.29, 0.717) is 23.8 Å². The number of rotatable bonds is 5. The molecular formula is C21H19N3O6. The molecule has 2 fully saturated rings. The van der Waals surface area contributed by atoms with Gasteiger partial charge >= 0.3 is 5.97 Å². The molecule has 1 aromatic carbocycles. The summed E-state index contributed by atoms with van der Waals surface area (Å²) >= 11 is 0. The third-order valence-electron chi connectivity index (χ3n) is 5.55. The SMILES string of the molecule is N#Cc1oc2ccccc2c1NC(=O)COC(=O)CN1C(=O)[C@H]2CCCC[C@@H]2C1=O. The summed E-state index contributed by atoms with van der Waals surface area (Å²) in [7, 11) is 0. The lowest BCUT2D eigenvalue weighted by molar-refractivity contribution is -0.154. The van der Waals surface area contributed by atoms with Gasteiger partial charge in [0, 0.05) is 5.39 Å². The summed E-state index contributed by atoms with van der Waals surface area (Å²) in [4.78, 5) is 50.1. The number of esters is 1. The second-order valence-electron chi connectivity index (χ2n) is 7.38. The van der Waals surface area contributed by atoms with Crippen molar-refractivity contribution in [1.29, 1.82) is 5.26 Å². The fraction of sp³-hybridized carbons (Fsp3) is 0.381. The molecule has 2 atom stereocenters. The number of anilines is 1. The number of nitriles is 1. The van der Waals surface area contributed by atoms with Gasteiger partial charge in [-0.3, -0.25) is 24.1 Å². The Morgan fingerprint density at radius 2 is 1.83 bits per heavy atom. The lowest BCUT2D eigenvalue weighted by atomic mass is 9.81. The van der Waals surface area contributed by atoms with Gasteiger partial charge in [0.05, 0.1) is 11.8 Å².